The minimum Gasteiger partial charge on any atom is -0.344 e. The molecule has 18 heavy (non-hydrogen) atoms. The van der Waals surface area contributed by atoms with Gasteiger partial charge in [-0.05, 0) is 20.4 Å². The van der Waals surface area contributed by atoms with E-state index >= 15 is 0 Å². The second kappa shape index (κ2) is 5.67. The molecular formula is C12H20N4OS. The van der Waals surface area contributed by atoms with Crippen molar-refractivity contribution in [1.29, 1.82) is 0 Å². The molecule has 1 aromatic heterocycles. The van der Waals surface area contributed by atoms with Gasteiger partial charge in [0.05, 0.1) is 6.54 Å². The van der Waals surface area contributed by atoms with Crippen molar-refractivity contribution in [2.75, 3.05) is 38.6 Å². The standard InChI is InChI=1S/C12H20N4OS/c1-9(13-2)10-7-14-12(18-10)16-6-4-5-15(3)11(17)8-16/h7,9,13H,4-6,8H2,1-3H3. The van der Waals surface area contributed by atoms with Crippen LogP contribution >= 0.6 is 11.3 Å². The second-order valence-electron chi connectivity index (χ2n) is 4.65. The van der Waals surface area contributed by atoms with Gasteiger partial charge in [-0.1, -0.05) is 0 Å². The van der Waals surface area contributed by atoms with Crippen molar-refractivity contribution in [3.05, 3.63) is 11.1 Å². The number of hydrogen-bond donors (Lipinski definition) is 1. The van der Waals surface area contributed by atoms with Crippen LogP contribution in [-0.4, -0.2) is 49.5 Å². The number of aromatic nitrogens is 1. The van der Waals surface area contributed by atoms with Crippen molar-refractivity contribution in [2.24, 2.45) is 0 Å². The first-order chi connectivity index (χ1) is 8.61. The molecular weight excluding hydrogens is 248 g/mol. The van der Waals surface area contributed by atoms with Gasteiger partial charge in [0.2, 0.25) is 5.91 Å². The fourth-order valence-corrected chi connectivity index (χ4v) is 2.92. The molecule has 2 rings (SSSR count). The molecule has 1 atom stereocenters. The monoisotopic (exact) mass is 268 g/mol. The second-order valence-corrected chi connectivity index (χ2v) is 5.69. The highest BCUT2D eigenvalue weighted by atomic mass is 32.1. The van der Waals surface area contributed by atoms with Crippen molar-refractivity contribution in [3.8, 4) is 0 Å². The van der Waals surface area contributed by atoms with Crippen LogP contribution in [0.25, 0.3) is 0 Å². The molecule has 0 aromatic carbocycles. The Labute approximate surface area is 112 Å². The molecule has 6 heteroatoms. The summed E-state index contributed by atoms with van der Waals surface area (Å²) in [6.07, 6.45) is 2.90. The van der Waals surface area contributed by atoms with Gasteiger partial charge >= 0.3 is 0 Å². The average molecular weight is 268 g/mol. The van der Waals surface area contributed by atoms with Gasteiger partial charge in [-0.3, -0.25) is 4.79 Å². The van der Waals surface area contributed by atoms with Crippen LogP contribution in [0.1, 0.15) is 24.3 Å². The minimum absolute atomic E-state index is 0.172. The highest BCUT2D eigenvalue weighted by molar-refractivity contribution is 7.15. The van der Waals surface area contributed by atoms with E-state index in [9.17, 15) is 4.79 Å². The maximum Gasteiger partial charge on any atom is 0.241 e. The molecule has 1 aromatic rings. The number of nitrogens with one attached hydrogen (secondary N) is 1. The predicted octanol–water partition coefficient (Wildman–Crippen LogP) is 1.09. The molecule has 0 spiro atoms. The fraction of sp³-hybridized carbons (Fsp3) is 0.667. The Morgan fingerprint density at radius 2 is 2.28 bits per heavy atom. The first kappa shape index (κ1) is 13.3. The van der Waals surface area contributed by atoms with E-state index in [4.69, 9.17) is 0 Å². The molecule has 1 aliphatic heterocycles. The molecule has 5 nitrogen and oxygen atoms in total. The molecule has 2 heterocycles. The average Bonchev–Trinajstić information content (AvgIpc) is 2.79. The lowest BCUT2D eigenvalue weighted by atomic mass is 10.3. The van der Waals surface area contributed by atoms with E-state index in [1.165, 1.54) is 4.88 Å². The molecule has 1 fully saturated rings. The van der Waals surface area contributed by atoms with Crippen molar-refractivity contribution in [2.45, 2.75) is 19.4 Å². The molecule has 1 aliphatic rings. The first-order valence-corrected chi connectivity index (χ1v) is 7.05. The van der Waals surface area contributed by atoms with Gasteiger partial charge in [-0.15, -0.1) is 11.3 Å². The van der Waals surface area contributed by atoms with Crippen LogP contribution < -0.4 is 10.2 Å². The van der Waals surface area contributed by atoms with Crippen LogP contribution in [0.15, 0.2) is 6.20 Å². The van der Waals surface area contributed by atoms with Crippen LogP contribution in [0.5, 0.6) is 0 Å². The highest BCUT2D eigenvalue weighted by Gasteiger charge is 2.21. The summed E-state index contributed by atoms with van der Waals surface area (Å²) in [6.45, 7) is 4.29. The SMILES string of the molecule is CNC(C)c1cnc(N2CCCN(C)C(=O)C2)s1. The fourth-order valence-electron chi connectivity index (χ4n) is 1.92. The topological polar surface area (TPSA) is 48.5 Å². The molecule has 1 saturated heterocycles. The number of carbonyl (C=O) groups excluding carboxylic acids is 1. The molecule has 1 N–H and O–H groups in total. The maximum absolute atomic E-state index is 11.8. The number of thiazole rings is 1. The zero-order valence-electron chi connectivity index (χ0n) is 11.1. The van der Waals surface area contributed by atoms with E-state index in [2.05, 4.69) is 22.1 Å². The van der Waals surface area contributed by atoms with Crippen LogP contribution in [0.3, 0.4) is 0 Å². The third-order valence-electron chi connectivity index (χ3n) is 3.32. The number of carbonyl (C=O) groups is 1. The van der Waals surface area contributed by atoms with E-state index in [-0.39, 0.29) is 5.91 Å². The molecule has 0 radical (unpaired) electrons. The van der Waals surface area contributed by atoms with E-state index in [0.29, 0.717) is 12.6 Å². The zero-order chi connectivity index (χ0) is 13.1. The van der Waals surface area contributed by atoms with Crippen LogP contribution in [0.2, 0.25) is 0 Å². The Hall–Kier alpha value is -1.14. The molecule has 100 valence electrons. The molecule has 0 aliphatic carbocycles. The Kier molecular flexibility index (Phi) is 4.19. The summed E-state index contributed by atoms with van der Waals surface area (Å²) in [6, 6.07) is 0.307. The Bertz CT molecular complexity index is 420. The quantitative estimate of drug-likeness (QED) is 0.891. The largest absolute Gasteiger partial charge is 0.344 e. The van der Waals surface area contributed by atoms with E-state index in [0.717, 1.165) is 24.6 Å². The van der Waals surface area contributed by atoms with Gasteiger partial charge in [-0.25, -0.2) is 4.98 Å². The van der Waals surface area contributed by atoms with Crippen LogP contribution in [-0.2, 0) is 4.79 Å². The van der Waals surface area contributed by atoms with Crippen molar-refractivity contribution in [1.82, 2.24) is 15.2 Å². The lowest BCUT2D eigenvalue weighted by Crippen LogP contribution is -2.34. The lowest BCUT2D eigenvalue weighted by Gasteiger charge is -2.18. The summed E-state index contributed by atoms with van der Waals surface area (Å²) in [4.78, 5) is 21.4. The predicted molar refractivity (Wildman–Crippen MR) is 74.1 cm³/mol. The number of hydrogen-bond acceptors (Lipinski definition) is 5. The summed E-state index contributed by atoms with van der Waals surface area (Å²) in [7, 11) is 3.80. The maximum atomic E-state index is 11.8. The minimum atomic E-state index is 0.172. The van der Waals surface area contributed by atoms with Gasteiger partial charge in [0, 0.05) is 37.3 Å². The number of amides is 1. The van der Waals surface area contributed by atoms with Gasteiger partial charge in [-0.2, -0.15) is 0 Å². The van der Waals surface area contributed by atoms with E-state index < -0.39 is 0 Å². The summed E-state index contributed by atoms with van der Waals surface area (Å²) in [5.41, 5.74) is 0. The van der Waals surface area contributed by atoms with Crippen molar-refractivity contribution in [3.63, 3.8) is 0 Å². The van der Waals surface area contributed by atoms with Gasteiger partial charge in [0.25, 0.3) is 0 Å². The van der Waals surface area contributed by atoms with Crippen molar-refractivity contribution >= 4 is 22.4 Å². The summed E-state index contributed by atoms with van der Waals surface area (Å²) >= 11 is 1.67. The number of nitrogens with zero attached hydrogens (tertiary/aromatic N) is 3. The van der Waals surface area contributed by atoms with Gasteiger partial charge in [0.15, 0.2) is 5.13 Å². The normalized spacial score (nSPS) is 18.9. The first-order valence-electron chi connectivity index (χ1n) is 6.23. The third-order valence-corrected chi connectivity index (χ3v) is 4.56. The summed E-state index contributed by atoms with van der Waals surface area (Å²) in [5.74, 6) is 0.172. The highest BCUT2D eigenvalue weighted by Crippen LogP contribution is 2.27. The van der Waals surface area contributed by atoms with Crippen LogP contribution in [0, 0.1) is 0 Å². The lowest BCUT2D eigenvalue weighted by molar-refractivity contribution is -0.127. The smallest absolute Gasteiger partial charge is 0.241 e. The Balaban J connectivity index is 2.11. The third kappa shape index (κ3) is 2.81. The number of anilines is 1. The summed E-state index contributed by atoms with van der Waals surface area (Å²) in [5, 5.41) is 4.16. The van der Waals surface area contributed by atoms with Gasteiger partial charge < -0.3 is 15.1 Å². The number of rotatable bonds is 3. The Morgan fingerprint density at radius 1 is 1.50 bits per heavy atom. The zero-order valence-corrected chi connectivity index (χ0v) is 12.0. The van der Waals surface area contributed by atoms with E-state index in [1.807, 2.05) is 20.3 Å². The van der Waals surface area contributed by atoms with Crippen molar-refractivity contribution < 1.29 is 4.79 Å². The van der Waals surface area contributed by atoms with Gasteiger partial charge in [0.1, 0.15) is 0 Å². The molecule has 0 saturated carbocycles. The summed E-state index contributed by atoms with van der Waals surface area (Å²) < 4.78 is 0. The molecule has 1 unspecified atom stereocenters. The Morgan fingerprint density at radius 3 is 3.00 bits per heavy atom. The molecule has 1 amide bonds. The number of likely N-dealkylation sites (N-methyl/N-ethyl adjacent to an activating group) is 1. The van der Waals surface area contributed by atoms with E-state index in [1.54, 1.807) is 16.2 Å². The molecule has 0 bridgehead atoms. The van der Waals surface area contributed by atoms with Crippen LogP contribution in [0.4, 0.5) is 5.13 Å².